The highest BCUT2D eigenvalue weighted by atomic mass is 16.6. The lowest BCUT2D eigenvalue weighted by Crippen LogP contribution is -2.60. The van der Waals surface area contributed by atoms with E-state index >= 15 is 0 Å². The number of carbonyl (C=O) groups is 4. The Morgan fingerprint density at radius 2 is 1.71 bits per heavy atom. The monoisotopic (exact) mass is 537 g/mol. The molecule has 11 heteroatoms. The van der Waals surface area contributed by atoms with Crippen molar-refractivity contribution in [2.45, 2.75) is 91.5 Å². The number of phenolic OH excluding ortho intramolecular Hbond substituents is 1. The van der Waals surface area contributed by atoms with E-state index in [0.717, 1.165) is 0 Å². The van der Waals surface area contributed by atoms with E-state index in [9.17, 15) is 29.4 Å². The molecular weight excluding hydrogens is 494 g/mol. The van der Waals surface area contributed by atoms with Gasteiger partial charge in [0.05, 0.1) is 19.6 Å². The van der Waals surface area contributed by atoms with Crippen LogP contribution >= 0.6 is 0 Å². The molecule has 0 aromatic heterocycles. The molecule has 0 fully saturated rings. The molecular formula is C27H43N3O8. The van der Waals surface area contributed by atoms with Crippen LogP contribution in [0.25, 0.3) is 0 Å². The Kier molecular flexibility index (Phi) is 12.0. The highest BCUT2D eigenvalue weighted by molar-refractivity contribution is 5.93. The van der Waals surface area contributed by atoms with Gasteiger partial charge in [0, 0.05) is 12.1 Å². The summed E-state index contributed by atoms with van der Waals surface area (Å²) in [4.78, 5) is 53.0. The fourth-order valence-electron chi connectivity index (χ4n) is 3.63. The SMILES string of the molecule is CCOC(=O)CCNC(=O)C(c1ccc(O)c(C)c1)N(C(=O)C(CO)NC(=O)OC(C)(C)C)C(C)(C)CC. The zero-order valence-corrected chi connectivity index (χ0v) is 23.7. The first-order valence-corrected chi connectivity index (χ1v) is 12.7. The van der Waals surface area contributed by atoms with Crippen molar-refractivity contribution in [1.82, 2.24) is 15.5 Å². The Hall–Kier alpha value is -3.34. The summed E-state index contributed by atoms with van der Waals surface area (Å²) in [5.74, 6) is -1.75. The molecule has 1 aromatic carbocycles. The van der Waals surface area contributed by atoms with E-state index in [2.05, 4.69) is 10.6 Å². The maximum atomic E-state index is 13.9. The minimum absolute atomic E-state index is 0.0164. The summed E-state index contributed by atoms with van der Waals surface area (Å²) in [5.41, 5.74) is -0.868. The number of nitrogens with one attached hydrogen (secondary N) is 2. The first-order chi connectivity index (χ1) is 17.6. The number of carbonyl (C=O) groups excluding carboxylic acids is 4. The summed E-state index contributed by atoms with van der Waals surface area (Å²) < 4.78 is 10.2. The van der Waals surface area contributed by atoms with Crippen LogP contribution in [0.5, 0.6) is 5.75 Å². The molecule has 1 aromatic rings. The average Bonchev–Trinajstić information content (AvgIpc) is 2.81. The number of amides is 3. The third-order valence-corrected chi connectivity index (χ3v) is 5.90. The van der Waals surface area contributed by atoms with Crippen LogP contribution < -0.4 is 10.6 Å². The predicted octanol–water partition coefficient (Wildman–Crippen LogP) is 2.71. The number of ether oxygens (including phenoxy) is 2. The molecule has 0 bridgehead atoms. The van der Waals surface area contributed by atoms with Crippen molar-refractivity contribution >= 4 is 23.9 Å². The molecule has 0 aliphatic carbocycles. The lowest BCUT2D eigenvalue weighted by molar-refractivity contribution is -0.150. The minimum Gasteiger partial charge on any atom is -0.508 e. The molecule has 214 valence electrons. The van der Waals surface area contributed by atoms with E-state index in [1.54, 1.807) is 54.5 Å². The molecule has 3 amide bonds. The highest BCUT2D eigenvalue weighted by Gasteiger charge is 2.43. The van der Waals surface area contributed by atoms with E-state index in [0.29, 0.717) is 17.5 Å². The summed E-state index contributed by atoms with van der Waals surface area (Å²) in [6, 6.07) is 1.93. The number of esters is 1. The van der Waals surface area contributed by atoms with Crippen LogP contribution in [-0.2, 0) is 23.9 Å². The zero-order valence-electron chi connectivity index (χ0n) is 23.7. The minimum atomic E-state index is -1.40. The highest BCUT2D eigenvalue weighted by Crippen LogP contribution is 2.33. The second kappa shape index (κ2) is 14.0. The van der Waals surface area contributed by atoms with Crippen molar-refractivity contribution in [3.63, 3.8) is 0 Å². The van der Waals surface area contributed by atoms with Gasteiger partial charge in [0.2, 0.25) is 11.8 Å². The number of benzene rings is 1. The Morgan fingerprint density at radius 1 is 1.08 bits per heavy atom. The molecule has 0 saturated heterocycles. The number of aliphatic hydroxyl groups excluding tert-OH is 1. The van der Waals surface area contributed by atoms with Crippen LogP contribution in [0.3, 0.4) is 0 Å². The van der Waals surface area contributed by atoms with Gasteiger partial charge in [-0.15, -0.1) is 0 Å². The lowest BCUT2D eigenvalue weighted by atomic mass is 9.91. The van der Waals surface area contributed by atoms with E-state index in [1.807, 2.05) is 6.92 Å². The third-order valence-electron chi connectivity index (χ3n) is 5.90. The van der Waals surface area contributed by atoms with Gasteiger partial charge in [-0.05, 0) is 78.1 Å². The molecule has 1 rings (SSSR count). The normalized spacial score (nSPS) is 13.2. The number of hydrogen-bond donors (Lipinski definition) is 4. The summed E-state index contributed by atoms with van der Waals surface area (Å²) >= 11 is 0. The Morgan fingerprint density at radius 3 is 2.21 bits per heavy atom. The summed E-state index contributed by atoms with van der Waals surface area (Å²) in [6.07, 6.45) is -0.534. The van der Waals surface area contributed by atoms with Crippen LogP contribution in [0, 0.1) is 6.92 Å². The van der Waals surface area contributed by atoms with Crippen molar-refractivity contribution in [2.75, 3.05) is 19.8 Å². The van der Waals surface area contributed by atoms with E-state index in [1.165, 1.54) is 17.0 Å². The maximum absolute atomic E-state index is 13.9. The molecule has 0 heterocycles. The van der Waals surface area contributed by atoms with Crippen molar-refractivity contribution in [1.29, 1.82) is 0 Å². The summed E-state index contributed by atoms with van der Waals surface area (Å²) in [7, 11) is 0. The van der Waals surface area contributed by atoms with Gasteiger partial charge >= 0.3 is 12.1 Å². The number of rotatable bonds is 12. The van der Waals surface area contributed by atoms with Crippen LogP contribution in [-0.4, -0.2) is 75.9 Å². The fourth-order valence-corrected chi connectivity index (χ4v) is 3.63. The predicted molar refractivity (Wildman–Crippen MR) is 141 cm³/mol. The lowest BCUT2D eigenvalue weighted by Gasteiger charge is -2.44. The van der Waals surface area contributed by atoms with Gasteiger partial charge in [-0.2, -0.15) is 0 Å². The van der Waals surface area contributed by atoms with Crippen LogP contribution in [0.4, 0.5) is 4.79 Å². The topological polar surface area (TPSA) is 154 Å². The number of aromatic hydroxyl groups is 1. The molecule has 2 atom stereocenters. The number of aryl methyl sites for hydroxylation is 1. The third kappa shape index (κ3) is 9.51. The number of alkyl carbamates (subject to hydrolysis) is 1. The first kappa shape index (κ1) is 32.7. The first-order valence-electron chi connectivity index (χ1n) is 12.7. The summed E-state index contributed by atoms with van der Waals surface area (Å²) in [6.45, 7) is 13.1. The van der Waals surface area contributed by atoms with E-state index < -0.39 is 53.7 Å². The Labute approximate surface area is 224 Å². The standard InChI is InChI=1S/C27H43N3O8/c1-9-27(7,8)30(24(35)19(16-31)29-25(36)38-26(4,5)6)22(18-11-12-20(32)17(3)15-18)23(34)28-14-13-21(33)37-10-2/h11-12,15,19,22,31-32H,9-10,13-14,16H2,1-8H3,(H,28,34)(H,29,36). The molecule has 0 saturated carbocycles. The quantitative estimate of drug-likeness (QED) is 0.297. The zero-order chi connectivity index (χ0) is 29.3. The van der Waals surface area contributed by atoms with Crippen LogP contribution in [0.2, 0.25) is 0 Å². The molecule has 2 unspecified atom stereocenters. The number of hydrogen-bond acceptors (Lipinski definition) is 8. The van der Waals surface area contributed by atoms with E-state index in [4.69, 9.17) is 9.47 Å². The van der Waals surface area contributed by atoms with Crippen LogP contribution in [0.1, 0.15) is 78.5 Å². The fraction of sp³-hybridized carbons (Fsp3) is 0.630. The number of phenols is 1. The van der Waals surface area contributed by atoms with Gasteiger partial charge < -0.3 is 35.2 Å². The van der Waals surface area contributed by atoms with Crippen LogP contribution in [0.15, 0.2) is 18.2 Å². The van der Waals surface area contributed by atoms with Gasteiger partial charge in [0.25, 0.3) is 0 Å². The molecule has 38 heavy (non-hydrogen) atoms. The van der Waals surface area contributed by atoms with Crippen molar-refractivity contribution in [3.8, 4) is 5.75 Å². The molecule has 11 nitrogen and oxygen atoms in total. The molecule has 0 spiro atoms. The van der Waals surface area contributed by atoms with Gasteiger partial charge in [0.15, 0.2) is 0 Å². The van der Waals surface area contributed by atoms with E-state index in [-0.39, 0.29) is 25.3 Å². The maximum Gasteiger partial charge on any atom is 0.408 e. The summed E-state index contributed by atoms with van der Waals surface area (Å²) in [5, 5.41) is 25.2. The van der Waals surface area contributed by atoms with Crippen molar-refractivity contribution in [2.24, 2.45) is 0 Å². The van der Waals surface area contributed by atoms with Gasteiger partial charge in [0.1, 0.15) is 23.4 Å². The van der Waals surface area contributed by atoms with Crippen molar-refractivity contribution in [3.05, 3.63) is 29.3 Å². The number of aliphatic hydroxyl groups is 1. The van der Waals surface area contributed by atoms with Gasteiger partial charge in [-0.25, -0.2) is 4.79 Å². The Balaban J connectivity index is 3.51. The Bertz CT molecular complexity index is 987. The smallest absolute Gasteiger partial charge is 0.408 e. The molecule has 0 radical (unpaired) electrons. The molecule has 0 aliphatic heterocycles. The van der Waals surface area contributed by atoms with Gasteiger partial charge in [-0.3, -0.25) is 14.4 Å². The number of nitrogens with zero attached hydrogens (tertiary/aromatic N) is 1. The van der Waals surface area contributed by atoms with Gasteiger partial charge in [-0.1, -0.05) is 13.0 Å². The molecule has 4 N–H and O–H groups in total. The molecule has 0 aliphatic rings. The van der Waals surface area contributed by atoms with Crippen molar-refractivity contribution < 1.29 is 38.9 Å². The average molecular weight is 538 g/mol. The second-order valence-electron chi connectivity index (χ2n) is 10.6. The largest absolute Gasteiger partial charge is 0.508 e. The second-order valence-corrected chi connectivity index (χ2v) is 10.6.